The third kappa shape index (κ3) is 4.98. The van der Waals surface area contributed by atoms with E-state index in [1.54, 1.807) is 11.3 Å². The molecule has 10 aromatic rings. The molecule has 234 valence electrons. The summed E-state index contributed by atoms with van der Waals surface area (Å²) in [4.78, 5) is 14.7. The van der Waals surface area contributed by atoms with Gasteiger partial charge >= 0.3 is 0 Å². The standard InChI is InChI=1S/C45H27N3S2/c1-3-10-28(11-4-1)29-18-20-31(21-19-29)43-46-44(32-23-25-39-37(26-32)35-14-7-8-16-38(35)49-39)48-45(47-43)33-22-24-36-41(27-33)50-40-17-9-15-34(42(36)40)30-12-5-2-6-13-30/h1-27H/i2D,5D,6D,9D,12D,13D,15D,17D,22D,24D,27D. The number of fused-ring (bicyclic) bond motifs is 6. The van der Waals surface area contributed by atoms with Crippen molar-refractivity contribution in [3.8, 4) is 56.4 Å². The molecule has 0 bridgehead atoms. The minimum atomic E-state index is -0.650. The summed E-state index contributed by atoms with van der Waals surface area (Å²) in [6.45, 7) is 0. The second kappa shape index (κ2) is 11.8. The Morgan fingerprint density at radius 3 is 1.90 bits per heavy atom. The Hall–Kier alpha value is -6.01. The fourth-order valence-corrected chi connectivity index (χ4v) is 8.28. The number of hydrogen-bond acceptors (Lipinski definition) is 5. The van der Waals surface area contributed by atoms with Gasteiger partial charge < -0.3 is 0 Å². The van der Waals surface area contributed by atoms with E-state index in [1.165, 1.54) is 0 Å². The van der Waals surface area contributed by atoms with Crippen molar-refractivity contribution in [2.45, 2.75) is 0 Å². The zero-order chi connectivity index (χ0) is 42.6. The largest absolute Gasteiger partial charge is 0.208 e. The van der Waals surface area contributed by atoms with E-state index < -0.39 is 54.4 Å². The molecule has 50 heavy (non-hydrogen) atoms. The maximum atomic E-state index is 9.63. The first-order valence-electron chi connectivity index (χ1n) is 21.2. The number of rotatable bonds is 5. The second-order valence-corrected chi connectivity index (χ2v) is 13.7. The van der Waals surface area contributed by atoms with Gasteiger partial charge in [-0.2, -0.15) is 0 Å². The molecule has 0 aliphatic heterocycles. The lowest BCUT2D eigenvalue weighted by Crippen LogP contribution is -2.00. The van der Waals surface area contributed by atoms with Crippen LogP contribution in [0.15, 0.2) is 164 Å². The molecule has 0 unspecified atom stereocenters. The van der Waals surface area contributed by atoms with Gasteiger partial charge in [0.15, 0.2) is 17.5 Å². The van der Waals surface area contributed by atoms with Crippen molar-refractivity contribution in [2.75, 3.05) is 0 Å². The Labute approximate surface area is 312 Å². The Bertz CT molecular complexity index is 3470. The molecule has 0 aliphatic rings. The summed E-state index contributed by atoms with van der Waals surface area (Å²) >= 11 is 2.57. The molecule has 0 radical (unpaired) electrons. The van der Waals surface area contributed by atoms with E-state index in [0.29, 0.717) is 11.1 Å². The van der Waals surface area contributed by atoms with E-state index in [2.05, 4.69) is 12.1 Å². The van der Waals surface area contributed by atoms with Crippen LogP contribution in [0.2, 0.25) is 0 Å². The van der Waals surface area contributed by atoms with Crippen LogP contribution in [-0.4, -0.2) is 15.0 Å². The first-order valence-corrected chi connectivity index (χ1v) is 17.3. The topological polar surface area (TPSA) is 38.7 Å². The van der Waals surface area contributed by atoms with Crippen LogP contribution in [0.3, 0.4) is 0 Å². The predicted molar refractivity (Wildman–Crippen MR) is 213 cm³/mol. The van der Waals surface area contributed by atoms with E-state index in [-0.39, 0.29) is 66.4 Å². The van der Waals surface area contributed by atoms with Gasteiger partial charge in [0.2, 0.25) is 0 Å². The first kappa shape index (κ1) is 19.9. The van der Waals surface area contributed by atoms with E-state index in [0.717, 1.165) is 42.6 Å². The van der Waals surface area contributed by atoms with Crippen LogP contribution in [0.4, 0.5) is 0 Å². The Balaban J connectivity index is 1.24. The number of nitrogens with zero attached hydrogens (tertiary/aromatic N) is 3. The van der Waals surface area contributed by atoms with Gasteiger partial charge in [0.1, 0.15) is 0 Å². The Kier molecular flexibility index (Phi) is 4.70. The highest BCUT2D eigenvalue weighted by Crippen LogP contribution is 2.42. The minimum Gasteiger partial charge on any atom is -0.208 e. The maximum Gasteiger partial charge on any atom is 0.164 e. The third-order valence-corrected chi connectivity index (χ3v) is 10.7. The summed E-state index contributed by atoms with van der Waals surface area (Å²) in [5.74, 6) is 0.511. The zero-order valence-corrected chi connectivity index (χ0v) is 27.5. The quantitative estimate of drug-likeness (QED) is 0.181. The molecular weight excluding hydrogens is 647 g/mol. The monoisotopic (exact) mass is 684 g/mol. The molecule has 0 N–H and O–H groups in total. The lowest BCUT2D eigenvalue weighted by Gasteiger charge is -2.10. The summed E-state index contributed by atoms with van der Waals surface area (Å²) < 4.78 is 99.7. The Morgan fingerprint density at radius 1 is 0.400 bits per heavy atom. The molecule has 0 spiro atoms. The van der Waals surface area contributed by atoms with Gasteiger partial charge in [-0.25, -0.2) is 15.0 Å². The summed E-state index contributed by atoms with van der Waals surface area (Å²) in [7, 11) is 0. The van der Waals surface area contributed by atoms with Crippen LogP contribution in [0.25, 0.3) is 96.8 Å². The average Bonchev–Trinajstić information content (AvgIpc) is 3.87. The summed E-state index contributed by atoms with van der Waals surface area (Å²) in [6, 6.07) is 25.9. The molecule has 0 saturated carbocycles. The maximum absolute atomic E-state index is 9.63. The fraction of sp³-hybridized carbons (Fsp3) is 0. The lowest BCUT2D eigenvalue weighted by atomic mass is 9.99. The number of thiophene rings is 2. The van der Waals surface area contributed by atoms with E-state index in [1.807, 2.05) is 84.9 Å². The molecule has 5 heteroatoms. The van der Waals surface area contributed by atoms with Crippen molar-refractivity contribution >= 4 is 63.0 Å². The number of hydrogen-bond donors (Lipinski definition) is 0. The van der Waals surface area contributed by atoms with Crippen molar-refractivity contribution in [1.29, 1.82) is 0 Å². The Morgan fingerprint density at radius 2 is 1.06 bits per heavy atom. The fourth-order valence-electron chi connectivity index (χ4n) is 6.18. The van der Waals surface area contributed by atoms with Gasteiger partial charge in [-0.15, -0.1) is 22.7 Å². The molecule has 0 amide bonds. The van der Waals surface area contributed by atoms with Crippen molar-refractivity contribution in [3.63, 3.8) is 0 Å². The molecule has 3 heterocycles. The van der Waals surface area contributed by atoms with Gasteiger partial charge in [-0.3, -0.25) is 0 Å². The molecule has 0 atom stereocenters. The summed E-state index contributed by atoms with van der Waals surface area (Å²) in [5.41, 5.74) is 2.64. The van der Waals surface area contributed by atoms with Gasteiger partial charge in [0, 0.05) is 57.0 Å². The summed E-state index contributed by atoms with van der Waals surface area (Å²) in [6.07, 6.45) is 0. The molecule has 0 saturated heterocycles. The molecule has 0 fully saturated rings. The van der Waals surface area contributed by atoms with Crippen molar-refractivity contribution in [2.24, 2.45) is 0 Å². The highest BCUT2D eigenvalue weighted by molar-refractivity contribution is 7.26. The molecule has 10 rings (SSSR count). The van der Waals surface area contributed by atoms with Gasteiger partial charge in [-0.05, 0) is 58.6 Å². The van der Waals surface area contributed by atoms with Crippen LogP contribution in [0, 0.1) is 0 Å². The molecular formula is C45H27N3S2. The molecule has 3 aromatic heterocycles. The van der Waals surface area contributed by atoms with Crippen molar-refractivity contribution in [3.05, 3.63) is 164 Å². The van der Waals surface area contributed by atoms with E-state index in [9.17, 15) is 4.11 Å². The van der Waals surface area contributed by atoms with E-state index >= 15 is 0 Å². The van der Waals surface area contributed by atoms with Gasteiger partial charge in [0.25, 0.3) is 0 Å². The SMILES string of the molecule is [2H]c1c([2H])c([2H])c(-c2c([2H])c([2H])c([2H])c3sc4c([2H])c(-c5nc(-c6ccc(-c7ccccc7)cc6)nc(-c6ccc7sc8ccccc8c7c6)n5)c([2H])c([2H])c4c23)c([2H])c1[2H]. The molecule has 7 aromatic carbocycles. The van der Waals surface area contributed by atoms with Crippen molar-refractivity contribution < 1.29 is 15.1 Å². The average molecular weight is 685 g/mol. The zero-order valence-electron chi connectivity index (χ0n) is 36.9. The molecule has 3 nitrogen and oxygen atoms in total. The number of benzene rings is 7. The highest BCUT2D eigenvalue weighted by atomic mass is 32.1. The first-order chi connectivity index (χ1) is 29.3. The smallest absolute Gasteiger partial charge is 0.164 e. The predicted octanol–water partition coefficient (Wildman–Crippen LogP) is 12.9. The number of aromatic nitrogens is 3. The minimum absolute atomic E-state index is 0.00472. The highest BCUT2D eigenvalue weighted by Gasteiger charge is 2.17. The lowest BCUT2D eigenvalue weighted by molar-refractivity contribution is 1.08. The van der Waals surface area contributed by atoms with Gasteiger partial charge in [-0.1, -0.05) is 127 Å². The summed E-state index contributed by atoms with van der Waals surface area (Å²) in [5, 5.41) is 2.08. The van der Waals surface area contributed by atoms with Crippen LogP contribution in [-0.2, 0) is 0 Å². The van der Waals surface area contributed by atoms with Crippen LogP contribution in [0.5, 0.6) is 0 Å². The molecule has 0 aliphatic carbocycles. The second-order valence-electron chi connectivity index (χ2n) is 11.6. The van der Waals surface area contributed by atoms with Crippen LogP contribution in [0.1, 0.15) is 15.1 Å². The van der Waals surface area contributed by atoms with E-state index in [4.69, 9.17) is 25.9 Å². The van der Waals surface area contributed by atoms with Crippen molar-refractivity contribution in [1.82, 2.24) is 15.0 Å². The van der Waals surface area contributed by atoms with Crippen LogP contribution >= 0.6 is 22.7 Å². The normalized spacial score (nSPS) is 14.7. The third-order valence-electron chi connectivity index (χ3n) is 8.57. The van der Waals surface area contributed by atoms with Crippen LogP contribution < -0.4 is 0 Å². The van der Waals surface area contributed by atoms with Gasteiger partial charge in [0.05, 0.1) is 15.1 Å².